The Hall–Kier alpha value is -2.30. The van der Waals surface area contributed by atoms with Gasteiger partial charge in [-0.05, 0) is 24.6 Å². The number of aromatic nitrogens is 2. The van der Waals surface area contributed by atoms with Crippen LogP contribution in [-0.4, -0.2) is 24.2 Å². The van der Waals surface area contributed by atoms with Crippen molar-refractivity contribution >= 4 is 5.95 Å². The molecule has 1 aromatic carbocycles. The number of rotatable bonds is 4. The third kappa shape index (κ3) is 2.59. The van der Waals surface area contributed by atoms with Crippen molar-refractivity contribution in [3.63, 3.8) is 0 Å². The first-order chi connectivity index (χ1) is 9.19. The molecule has 5 heteroatoms. The molecule has 0 radical (unpaired) electrons. The van der Waals surface area contributed by atoms with Gasteiger partial charge in [-0.2, -0.15) is 0 Å². The smallest absolute Gasteiger partial charge is 0.220 e. The summed E-state index contributed by atoms with van der Waals surface area (Å²) in [6.45, 7) is 2.02. The van der Waals surface area contributed by atoms with Crippen LogP contribution in [0.1, 0.15) is 12.6 Å². The molecular weight excluding hydrogens is 242 g/mol. The van der Waals surface area contributed by atoms with Crippen LogP contribution in [0.4, 0.5) is 5.95 Å². The summed E-state index contributed by atoms with van der Waals surface area (Å²) in [4.78, 5) is 8.45. The van der Waals surface area contributed by atoms with Crippen molar-refractivity contribution in [1.29, 1.82) is 0 Å². The largest absolute Gasteiger partial charge is 0.496 e. The highest BCUT2D eigenvalue weighted by Crippen LogP contribution is 2.37. The van der Waals surface area contributed by atoms with Crippen molar-refractivity contribution in [2.75, 3.05) is 20.0 Å². The molecule has 100 valence electrons. The molecule has 0 spiro atoms. The summed E-state index contributed by atoms with van der Waals surface area (Å²) in [5.74, 6) is 1.64. The average Bonchev–Trinajstić information content (AvgIpc) is 2.45. The lowest BCUT2D eigenvalue weighted by Gasteiger charge is -2.13. The fraction of sp³-hybridized carbons (Fsp3) is 0.286. The van der Waals surface area contributed by atoms with Crippen molar-refractivity contribution in [2.45, 2.75) is 13.3 Å². The number of aryl methyl sites for hydroxylation is 1. The van der Waals surface area contributed by atoms with Crippen LogP contribution in [0, 0.1) is 0 Å². The Balaban J connectivity index is 2.66. The maximum absolute atomic E-state index is 5.75. The predicted octanol–water partition coefficient (Wildman–Crippen LogP) is 2.31. The molecule has 19 heavy (non-hydrogen) atoms. The van der Waals surface area contributed by atoms with Crippen molar-refractivity contribution < 1.29 is 9.47 Å². The van der Waals surface area contributed by atoms with Crippen LogP contribution in [0.2, 0.25) is 0 Å². The second kappa shape index (κ2) is 5.56. The Labute approximate surface area is 112 Å². The standard InChI is InChI=1S/C14H17N3O2/c1-4-9-8-10(17-14(15)16-9)13-11(18-2)6-5-7-12(13)19-3/h5-8H,4H2,1-3H3,(H2,15,16,17). The van der Waals surface area contributed by atoms with Gasteiger partial charge in [-0.3, -0.25) is 0 Å². The second-order valence-corrected chi connectivity index (χ2v) is 3.99. The number of hydrogen-bond donors (Lipinski definition) is 1. The minimum atomic E-state index is 0.252. The fourth-order valence-electron chi connectivity index (χ4n) is 1.93. The molecule has 0 aliphatic heterocycles. The van der Waals surface area contributed by atoms with E-state index in [0.29, 0.717) is 17.2 Å². The summed E-state index contributed by atoms with van der Waals surface area (Å²) in [7, 11) is 3.23. The van der Waals surface area contributed by atoms with Gasteiger partial charge in [-0.15, -0.1) is 0 Å². The van der Waals surface area contributed by atoms with Gasteiger partial charge in [0.2, 0.25) is 5.95 Å². The summed E-state index contributed by atoms with van der Waals surface area (Å²) in [5, 5.41) is 0. The Bertz CT molecular complexity index is 563. The molecule has 0 aliphatic carbocycles. The van der Waals surface area contributed by atoms with E-state index in [1.165, 1.54) is 0 Å². The molecule has 0 unspecified atom stereocenters. The number of nitrogen functional groups attached to an aromatic ring is 1. The van der Waals surface area contributed by atoms with Crippen LogP contribution >= 0.6 is 0 Å². The number of benzene rings is 1. The number of methoxy groups -OCH3 is 2. The summed E-state index contributed by atoms with van der Waals surface area (Å²) >= 11 is 0. The normalized spacial score (nSPS) is 10.3. The lowest BCUT2D eigenvalue weighted by atomic mass is 10.1. The van der Waals surface area contributed by atoms with Crippen molar-refractivity contribution in [1.82, 2.24) is 9.97 Å². The molecular formula is C14H17N3O2. The predicted molar refractivity (Wildman–Crippen MR) is 74.4 cm³/mol. The molecule has 0 atom stereocenters. The summed E-state index contributed by atoms with van der Waals surface area (Å²) in [6.07, 6.45) is 0.789. The maximum atomic E-state index is 5.75. The van der Waals surface area contributed by atoms with Gasteiger partial charge in [-0.1, -0.05) is 13.0 Å². The zero-order chi connectivity index (χ0) is 13.8. The number of ether oxygens (including phenoxy) is 2. The minimum Gasteiger partial charge on any atom is -0.496 e. The van der Waals surface area contributed by atoms with E-state index in [2.05, 4.69) is 9.97 Å². The van der Waals surface area contributed by atoms with Crippen molar-refractivity contribution in [3.05, 3.63) is 30.0 Å². The molecule has 0 saturated carbocycles. The third-order valence-electron chi connectivity index (χ3n) is 2.84. The van der Waals surface area contributed by atoms with Crippen LogP contribution in [0.15, 0.2) is 24.3 Å². The van der Waals surface area contributed by atoms with Gasteiger partial charge in [0.25, 0.3) is 0 Å². The molecule has 0 amide bonds. The third-order valence-corrected chi connectivity index (χ3v) is 2.84. The van der Waals surface area contributed by atoms with E-state index in [1.807, 2.05) is 31.2 Å². The molecule has 0 aliphatic rings. The zero-order valence-corrected chi connectivity index (χ0v) is 11.3. The Kier molecular flexibility index (Phi) is 3.85. The van der Waals surface area contributed by atoms with E-state index < -0.39 is 0 Å². The highest BCUT2D eigenvalue weighted by Gasteiger charge is 2.15. The van der Waals surface area contributed by atoms with Gasteiger partial charge in [0.15, 0.2) is 0 Å². The quantitative estimate of drug-likeness (QED) is 0.912. The molecule has 2 aromatic rings. The van der Waals surface area contributed by atoms with Gasteiger partial charge in [0.1, 0.15) is 11.5 Å². The van der Waals surface area contributed by atoms with E-state index in [9.17, 15) is 0 Å². The molecule has 0 saturated heterocycles. The fourth-order valence-corrected chi connectivity index (χ4v) is 1.93. The van der Waals surface area contributed by atoms with Gasteiger partial charge < -0.3 is 15.2 Å². The monoisotopic (exact) mass is 259 g/mol. The van der Waals surface area contributed by atoms with Gasteiger partial charge >= 0.3 is 0 Å². The number of nitrogens with two attached hydrogens (primary N) is 1. The lowest BCUT2D eigenvalue weighted by Crippen LogP contribution is -2.02. The van der Waals surface area contributed by atoms with Gasteiger partial charge in [-0.25, -0.2) is 9.97 Å². The van der Waals surface area contributed by atoms with Crippen LogP contribution in [0.3, 0.4) is 0 Å². The van der Waals surface area contributed by atoms with Crippen LogP contribution in [0.25, 0.3) is 11.3 Å². The van der Waals surface area contributed by atoms with E-state index in [1.54, 1.807) is 14.2 Å². The van der Waals surface area contributed by atoms with E-state index in [0.717, 1.165) is 17.7 Å². The first-order valence-corrected chi connectivity index (χ1v) is 6.04. The summed E-state index contributed by atoms with van der Waals surface area (Å²) < 4.78 is 10.7. The molecule has 1 aromatic heterocycles. The van der Waals surface area contributed by atoms with Gasteiger partial charge in [0.05, 0.1) is 25.5 Å². The zero-order valence-electron chi connectivity index (χ0n) is 11.3. The highest BCUT2D eigenvalue weighted by molar-refractivity contribution is 5.74. The van der Waals surface area contributed by atoms with Crippen molar-refractivity contribution in [3.8, 4) is 22.8 Å². The number of nitrogens with zero attached hydrogens (tertiary/aromatic N) is 2. The van der Waals surface area contributed by atoms with Crippen LogP contribution in [-0.2, 0) is 6.42 Å². The molecule has 0 bridgehead atoms. The van der Waals surface area contributed by atoms with E-state index in [-0.39, 0.29) is 5.95 Å². The first kappa shape index (κ1) is 13.1. The topological polar surface area (TPSA) is 70.3 Å². The Morgan fingerprint density at radius 3 is 2.26 bits per heavy atom. The SMILES string of the molecule is CCc1cc(-c2c(OC)cccc2OC)nc(N)n1. The van der Waals surface area contributed by atoms with E-state index in [4.69, 9.17) is 15.2 Å². The lowest BCUT2D eigenvalue weighted by molar-refractivity contribution is 0.397. The first-order valence-electron chi connectivity index (χ1n) is 6.04. The molecule has 2 rings (SSSR count). The Morgan fingerprint density at radius 2 is 1.74 bits per heavy atom. The molecule has 0 fully saturated rings. The van der Waals surface area contributed by atoms with Crippen molar-refractivity contribution in [2.24, 2.45) is 0 Å². The van der Waals surface area contributed by atoms with Crippen LogP contribution < -0.4 is 15.2 Å². The molecule has 2 N–H and O–H groups in total. The molecule has 1 heterocycles. The summed E-state index contributed by atoms with van der Waals surface area (Å²) in [5.41, 5.74) is 8.13. The average molecular weight is 259 g/mol. The van der Waals surface area contributed by atoms with Gasteiger partial charge in [0, 0.05) is 5.69 Å². The number of hydrogen-bond acceptors (Lipinski definition) is 5. The van der Waals surface area contributed by atoms with Crippen LogP contribution in [0.5, 0.6) is 11.5 Å². The molecule has 5 nitrogen and oxygen atoms in total. The Morgan fingerprint density at radius 1 is 1.11 bits per heavy atom. The van der Waals surface area contributed by atoms with E-state index >= 15 is 0 Å². The maximum Gasteiger partial charge on any atom is 0.220 e. The minimum absolute atomic E-state index is 0.252. The highest BCUT2D eigenvalue weighted by atomic mass is 16.5. The summed E-state index contributed by atoms with van der Waals surface area (Å²) in [6, 6.07) is 7.49. The second-order valence-electron chi connectivity index (χ2n) is 3.99. The number of anilines is 1.